The number of thiocarbonyl (C=S) groups is 2. The topological polar surface area (TPSA) is 50.9 Å². The van der Waals surface area contributed by atoms with E-state index in [1.165, 1.54) is 0 Å². The fraction of sp³-hybridized carbons (Fsp3) is 0.250. The van der Waals surface area contributed by atoms with Crippen molar-refractivity contribution in [3.05, 3.63) is 30.3 Å². The van der Waals surface area contributed by atoms with Crippen LogP contribution in [0.3, 0.4) is 0 Å². The summed E-state index contributed by atoms with van der Waals surface area (Å²) in [6.07, 6.45) is 0.313. The van der Waals surface area contributed by atoms with Gasteiger partial charge in [0.15, 0.2) is 16.4 Å². The number of carbonyl (C=O) groups is 1. The third-order valence-corrected chi connectivity index (χ3v) is 4.25. The Morgan fingerprint density at radius 3 is 2.65 bits per heavy atom. The Morgan fingerprint density at radius 2 is 2.00 bits per heavy atom. The Kier molecular flexibility index (Phi) is 3.19. The fourth-order valence-corrected chi connectivity index (χ4v) is 3.18. The van der Waals surface area contributed by atoms with Gasteiger partial charge in [0.1, 0.15) is 6.17 Å². The molecule has 0 saturated carbocycles. The number of hydrogen-bond donors (Lipinski definition) is 2. The highest BCUT2D eigenvalue weighted by Gasteiger charge is 2.51. The first kappa shape index (κ1) is 13.1. The lowest BCUT2D eigenvalue weighted by Gasteiger charge is -2.27. The van der Waals surface area contributed by atoms with Crippen LogP contribution >= 0.6 is 24.4 Å². The summed E-state index contributed by atoms with van der Waals surface area (Å²) in [6.45, 7) is 0. The van der Waals surface area contributed by atoms with E-state index in [1.807, 2.05) is 47.2 Å². The van der Waals surface area contributed by atoms with Crippen molar-refractivity contribution in [2.75, 3.05) is 11.9 Å². The first-order chi connectivity index (χ1) is 9.65. The van der Waals surface area contributed by atoms with Crippen LogP contribution in [0.2, 0.25) is 0 Å². The predicted molar refractivity (Wildman–Crippen MR) is 83.6 cm³/mol. The Hall–Kier alpha value is -1.93. The maximum absolute atomic E-state index is 10.7. The number of fused-ring (bicyclic) bond motifs is 1. The van der Waals surface area contributed by atoms with E-state index in [4.69, 9.17) is 24.4 Å². The Balaban J connectivity index is 1.97. The molecule has 0 spiro atoms. The lowest BCUT2D eigenvalue weighted by Crippen LogP contribution is -2.51. The maximum Gasteiger partial charge on any atom is 0.225 e. The van der Waals surface area contributed by atoms with Gasteiger partial charge in [-0.3, -0.25) is 15.1 Å². The van der Waals surface area contributed by atoms with Crippen molar-refractivity contribution in [2.45, 2.75) is 12.3 Å². The largest absolute Gasteiger partial charge is 0.337 e. The average Bonchev–Trinajstić information content (AvgIpc) is 2.88. The molecule has 1 aromatic rings. The van der Waals surface area contributed by atoms with Crippen LogP contribution in [-0.2, 0) is 4.79 Å². The lowest BCUT2D eigenvalue weighted by molar-refractivity contribution is -0.113. The molecule has 0 radical (unpaired) electrons. The molecule has 1 aromatic carbocycles. The van der Waals surface area contributed by atoms with E-state index < -0.39 is 0 Å². The zero-order valence-electron chi connectivity index (χ0n) is 10.7. The standard InChI is InChI=1S/C12H13N5OS2/c1-15-10-9(14-11(19)17(10)13-7-18)16(12(15)20)8-5-3-2-4-6-8/h2-7,9-10H,1H3,(H,13,18)(H,14,19). The van der Waals surface area contributed by atoms with Gasteiger partial charge in [-0.2, -0.15) is 0 Å². The molecular formula is C12H13N5OS2. The van der Waals surface area contributed by atoms with Crippen molar-refractivity contribution in [1.82, 2.24) is 20.7 Å². The Morgan fingerprint density at radius 1 is 1.30 bits per heavy atom. The summed E-state index contributed by atoms with van der Waals surface area (Å²) in [5, 5.41) is 5.96. The molecule has 3 rings (SSSR count). The molecule has 2 atom stereocenters. The third kappa shape index (κ3) is 1.80. The molecule has 2 fully saturated rings. The van der Waals surface area contributed by atoms with Gasteiger partial charge >= 0.3 is 0 Å². The average molecular weight is 307 g/mol. The fourth-order valence-electron chi connectivity index (χ4n) is 2.57. The number of nitrogens with zero attached hydrogens (tertiary/aromatic N) is 3. The summed E-state index contributed by atoms with van der Waals surface area (Å²) < 4.78 is 0. The maximum atomic E-state index is 10.7. The van der Waals surface area contributed by atoms with Gasteiger partial charge in [0.05, 0.1) is 0 Å². The summed E-state index contributed by atoms with van der Waals surface area (Å²) >= 11 is 10.8. The van der Waals surface area contributed by atoms with Gasteiger partial charge in [0.2, 0.25) is 6.41 Å². The van der Waals surface area contributed by atoms with Crippen LogP contribution in [-0.4, -0.2) is 45.9 Å². The quantitative estimate of drug-likeness (QED) is 0.612. The number of rotatable bonds is 3. The molecule has 0 aromatic heterocycles. The van der Waals surface area contributed by atoms with E-state index in [0.29, 0.717) is 16.6 Å². The molecule has 2 N–H and O–H groups in total. The first-order valence-electron chi connectivity index (χ1n) is 6.06. The van der Waals surface area contributed by atoms with E-state index in [0.717, 1.165) is 5.69 Å². The summed E-state index contributed by atoms with van der Waals surface area (Å²) in [7, 11) is 1.89. The molecule has 8 heteroatoms. The number of hydrogen-bond acceptors (Lipinski definition) is 3. The van der Waals surface area contributed by atoms with Crippen LogP contribution in [0.15, 0.2) is 30.3 Å². The molecule has 2 aliphatic rings. The second-order valence-corrected chi connectivity index (χ2v) is 5.28. The molecule has 104 valence electrons. The van der Waals surface area contributed by atoms with Gasteiger partial charge in [-0.15, -0.1) is 0 Å². The monoisotopic (exact) mass is 307 g/mol. The van der Waals surface area contributed by atoms with E-state index in [-0.39, 0.29) is 12.3 Å². The van der Waals surface area contributed by atoms with Gasteiger partial charge in [0.25, 0.3) is 0 Å². The van der Waals surface area contributed by atoms with E-state index in [1.54, 1.807) is 5.01 Å². The minimum absolute atomic E-state index is 0.130. The molecule has 0 bridgehead atoms. The van der Waals surface area contributed by atoms with Crippen molar-refractivity contribution in [3.8, 4) is 0 Å². The second kappa shape index (κ2) is 4.88. The number of anilines is 1. The number of amides is 1. The van der Waals surface area contributed by atoms with Crippen molar-refractivity contribution < 1.29 is 4.79 Å². The first-order valence-corrected chi connectivity index (χ1v) is 6.87. The van der Waals surface area contributed by atoms with Gasteiger partial charge in [-0.05, 0) is 36.6 Å². The van der Waals surface area contributed by atoms with Crippen LogP contribution < -0.4 is 15.6 Å². The van der Waals surface area contributed by atoms with Crippen molar-refractivity contribution >= 4 is 46.8 Å². The molecule has 0 aliphatic carbocycles. The molecule has 6 nitrogen and oxygen atoms in total. The van der Waals surface area contributed by atoms with Gasteiger partial charge in [-0.1, -0.05) is 18.2 Å². The van der Waals surface area contributed by atoms with Crippen molar-refractivity contribution in [1.29, 1.82) is 0 Å². The lowest BCUT2D eigenvalue weighted by atomic mass is 10.3. The summed E-state index contributed by atoms with van der Waals surface area (Å²) in [5.74, 6) is 0. The molecule has 2 aliphatic heterocycles. The Labute approximate surface area is 127 Å². The zero-order valence-corrected chi connectivity index (χ0v) is 12.3. The van der Waals surface area contributed by atoms with Crippen LogP contribution in [0.1, 0.15) is 0 Å². The number of nitrogens with one attached hydrogen (secondary N) is 2. The SMILES string of the molecule is CN1C(=S)N(c2ccccc2)C2NC(=S)N(NC=O)C21. The zero-order chi connectivity index (χ0) is 14.3. The van der Waals surface area contributed by atoms with Gasteiger partial charge in [0, 0.05) is 12.7 Å². The van der Waals surface area contributed by atoms with Crippen LogP contribution in [0.4, 0.5) is 5.69 Å². The van der Waals surface area contributed by atoms with Crippen LogP contribution in [0.5, 0.6) is 0 Å². The smallest absolute Gasteiger partial charge is 0.225 e. The molecule has 2 unspecified atom stereocenters. The summed E-state index contributed by atoms with van der Waals surface area (Å²) in [4.78, 5) is 14.6. The minimum Gasteiger partial charge on any atom is -0.337 e. The van der Waals surface area contributed by atoms with Gasteiger partial charge in [-0.25, -0.2) is 5.01 Å². The van der Waals surface area contributed by atoms with E-state index in [9.17, 15) is 4.79 Å². The number of likely N-dealkylation sites (N-methyl/N-ethyl adjacent to an activating group) is 1. The molecule has 2 saturated heterocycles. The van der Waals surface area contributed by atoms with Crippen LogP contribution in [0.25, 0.3) is 0 Å². The van der Waals surface area contributed by atoms with Crippen molar-refractivity contribution in [3.63, 3.8) is 0 Å². The van der Waals surface area contributed by atoms with Crippen molar-refractivity contribution in [2.24, 2.45) is 0 Å². The third-order valence-electron chi connectivity index (χ3n) is 3.45. The number of benzene rings is 1. The molecule has 1 amide bonds. The second-order valence-electron chi connectivity index (χ2n) is 4.52. The van der Waals surface area contributed by atoms with E-state index >= 15 is 0 Å². The Bertz CT molecular complexity index is 566. The highest BCUT2D eigenvalue weighted by atomic mass is 32.1. The van der Waals surface area contributed by atoms with Crippen LogP contribution in [0, 0.1) is 0 Å². The molecular weight excluding hydrogens is 294 g/mol. The van der Waals surface area contributed by atoms with Gasteiger partial charge < -0.3 is 10.2 Å². The number of para-hydroxylation sites is 1. The number of carbonyl (C=O) groups excluding carboxylic acids is 1. The number of hydrazine groups is 1. The highest BCUT2D eigenvalue weighted by Crippen LogP contribution is 2.31. The summed E-state index contributed by atoms with van der Waals surface area (Å²) in [5.41, 5.74) is 3.60. The van der Waals surface area contributed by atoms with E-state index in [2.05, 4.69) is 10.7 Å². The highest BCUT2D eigenvalue weighted by molar-refractivity contribution is 7.80. The molecule has 2 heterocycles. The minimum atomic E-state index is -0.166. The normalized spacial score (nSPS) is 24.8. The molecule has 20 heavy (non-hydrogen) atoms. The summed E-state index contributed by atoms with van der Waals surface area (Å²) in [6, 6.07) is 9.85. The predicted octanol–water partition coefficient (Wildman–Crippen LogP) is 0.227.